The summed E-state index contributed by atoms with van der Waals surface area (Å²) in [5.41, 5.74) is 1.17. The Labute approximate surface area is 116 Å². The van der Waals surface area contributed by atoms with Gasteiger partial charge in [0.25, 0.3) is 0 Å². The highest BCUT2D eigenvalue weighted by Crippen LogP contribution is 2.25. The van der Waals surface area contributed by atoms with Crippen LogP contribution in [0, 0.1) is 0 Å². The molecule has 3 rings (SSSR count). The lowest BCUT2D eigenvalue weighted by molar-refractivity contribution is 0.0693. The SMILES string of the molecule is O=C(O)c1nc(-c2ccccn2)n2c(Br)cccc12. The topological polar surface area (TPSA) is 67.5 Å². The summed E-state index contributed by atoms with van der Waals surface area (Å²) in [4.78, 5) is 19.7. The second-order valence-corrected chi connectivity index (χ2v) is 4.69. The van der Waals surface area contributed by atoms with E-state index in [1.54, 1.807) is 34.9 Å². The van der Waals surface area contributed by atoms with Crippen LogP contribution in [0.2, 0.25) is 0 Å². The minimum Gasteiger partial charge on any atom is -0.476 e. The molecule has 0 saturated carbocycles. The lowest BCUT2D eigenvalue weighted by atomic mass is 10.3. The predicted octanol–water partition coefficient (Wildman–Crippen LogP) is 2.86. The zero-order valence-electron chi connectivity index (χ0n) is 9.62. The first-order chi connectivity index (χ1) is 9.18. The molecule has 94 valence electrons. The Morgan fingerprint density at radius 2 is 2.05 bits per heavy atom. The Hall–Kier alpha value is -2.21. The Balaban J connectivity index is 2.40. The zero-order valence-corrected chi connectivity index (χ0v) is 11.2. The van der Waals surface area contributed by atoms with Crippen molar-refractivity contribution in [3.05, 3.63) is 52.9 Å². The van der Waals surface area contributed by atoms with Crippen molar-refractivity contribution in [2.75, 3.05) is 0 Å². The molecule has 19 heavy (non-hydrogen) atoms. The number of carbonyl (C=O) groups is 1. The highest BCUT2D eigenvalue weighted by molar-refractivity contribution is 9.10. The van der Waals surface area contributed by atoms with Crippen LogP contribution < -0.4 is 0 Å². The molecular formula is C13H8BrN3O2. The maximum Gasteiger partial charge on any atom is 0.356 e. The fourth-order valence-corrected chi connectivity index (χ4v) is 2.43. The summed E-state index contributed by atoms with van der Waals surface area (Å²) in [6, 6.07) is 10.7. The predicted molar refractivity (Wildman–Crippen MR) is 73.1 cm³/mol. The zero-order chi connectivity index (χ0) is 13.4. The van der Waals surface area contributed by atoms with E-state index in [0.717, 1.165) is 4.60 Å². The van der Waals surface area contributed by atoms with Crippen molar-refractivity contribution >= 4 is 27.4 Å². The second kappa shape index (κ2) is 4.47. The van der Waals surface area contributed by atoms with E-state index < -0.39 is 5.97 Å². The van der Waals surface area contributed by atoms with Crippen LogP contribution >= 0.6 is 15.9 Å². The van der Waals surface area contributed by atoms with Gasteiger partial charge in [0.15, 0.2) is 11.5 Å². The van der Waals surface area contributed by atoms with Crippen LogP contribution in [0.4, 0.5) is 0 Å². The maximum absolute atomic E-state index is 11.3. The number of fused-ring (bicyclic) bond motifs is 1. The monoisotopic (exact) mass is 317 g/mol. The number of hydrogen-bond donors (Lipinski definition) is 1. The van der Waals surface area contributed by atoms with Gasteiger partial charge in [-0.25, -0.2) is 9.78 Å². The van der Waals surface area contributed by atoms with Gasteiger partial charge in [-0.1, -0.05) is 12.1 Å². The Bertz CT molecular complexity index is 768. The number of aromatic carboxylic acids is 1. The average molecular weight is 318 g/mol. The first kappa shape index (κ1) is 11.9. The van der Waals surface area contributed by atoms with Crippen molar-refractivity contribution in [3.63, 3.8) is 0 Å². The molecule has 0 spiro atoms. The minimum atomic E-state index is -1.06. The van der Waals surface area contributed by atoms with Gasteiger partial charge < -0.3 is 5.11 Å². The molecule has 0 bridgehead atoms. The van der Waals surface area contributed by atoms with Gasteiger partial charge in [0.1, 0.15) is 5.69 Å². The molecule has 0 amide bonds. The number of hydrogen-bond acceptors (Lipinski definition) is 3. The van der Waals surface area contributed by atoms with E-state index in [-0.39, 0.29) is 5.69 Å². The first-order valence-corrected chi connectivity index (χ1v) is 6.29. The summed E-state index contributed by atoms with van der Waals surface area (Å²) in [5, 5.41) is 9.22. The van der Waals surface area contributed by atoms with Gasteiger partial charge in [0.05, 0.1) is 10.1 Å². The molecule has 1 N–H and O–H groups in total. The van der Waals surface area contributed by atoms with E-state index in [9.17, 15) is 9.90 Å². The summed E-state index contributed by atoms with van der Waals surface area (Å²) in [7, 11) is 0. The summed E-state index contributed by atoms with van der Waals surface area (Å²) in [6.45, 7) is 0. The molecule has 0 radical (unpaired) electrons. The van der Waals surface area contributed by atoms with Crippen molar-refractivity contribution in [2.24, 2.45) is 0 Å². The fraction of sp³-hybridized carbons (Fsp3) is 0. The summed E-state index contributed by atoms with van der Waals surface area (Å²) >= 11 is 3.41. The molecule has 0 aromatic carbocycles. The quantitative estimate of drug-likeness (QED) is 0.738. The van der Waals surface area contributed by atoms with Crippen molar-refractivity contribution in [1.82, 2.24) is 14.4 Å². The molecule has 6 heteroatoms. The van der Waals surface area contributed by atoms with Crippen LogP contribution in [0.25, 0.3) is 17.0 Å². The fourth-order valence-electron chi connectivity index (χ4n) is 1.92. The van der Waals surface area contributed by atoms with Crippen LogP contribution in [0.5, 0.6) is 0 Å². The third-order valence-corrected chi connectivity index (χ3v) is 3.33. The van der Waals surface area contributed by atoms with Gasteiger partial charge in [-0.2, -0.15) is 0 Å². The highest BCUT2D eigenvalue weighted by Gasteiger charge is 2.19. The maximum atomic E-state index is 11.3. The molecule has 0 saturated heterocycles. The Morgan fingerprint density at radius 1 is 1.21 bits per heavy atom. The van der Waals surface area contributed by atoms with Crippen LogP contribution in [0.1, 0.15) is 10.5 Å². The van der Waals surface area contributed by atoms with E-state index in [0.29, 0.717) is 17.0 Å². The van der Waals surface area contributed by atoms with Crippen LogP contribution in [-0.2, 0) is 0 Å². The van der Waals surface area contributed by atoms with E-state index >= 15 is 0 Å². The van der Waals surface area contributed by atoms with Gasteiger partial charge in [-0.15, -0.1) is 0 Å². The van der Waals surface area contributed by atoms with Crippen LogP contribution in [0.15, 0.2) is 47.2 Å². The third kappa shape index (κ3) is 1.90. The number of nitrogens with zero attached hydrogens (tertiary/aromatic N) is 3. The van der Waals surface area contributed by atoms with E-state index in [4.69, 9.17) is 0 Å². The van der Waals surface area contributed by atoms with Gasteiger partial charge in [0, 0.05) is 6.20 Å². The summed E-state index contributed by atoms with van der Waals surface area (Å²) < 4.78 is 2.46. The van der Waals surface area contributed by atoms with Crippen LogP contribution in [-0.4, -0.2) is 25.4 Å². The molecule has 0 aliphatic rings. The molecule has 5 nitrogen and oxygen atoms in total. The molecule has 3 aromatic rings. The largest absolute Gasteiger partial charge is 0.476 e. The standard InChI is InChI=1S/C13H8BrN3O2/c14-10-6-3-5-9-11(13(18)19)16-12(17(9)10)8-4-1-2-7-15-8/h1-7H,(H,18,19). The molecule has 3 aromatic heterocycles. The number of carboxylic acid groups (broad SMARTS) is 1. The van der Waals surface area contributed by atoms with Crippen LogP contribution in [0.3, 0.4) is 0 Å². The van der Waals surface area contributed by atoms with Crippen molar-refractivity contribution in [3.8, 4) is 11.5 Å². The Morgan fingerprint density at radius 3 is 2.74 bits per heavy atom. The van der Waals surface area contributed by atoms with Gasteiger partial charge in [-0.05, 0) is 40.2 Å². The molecule has 0 aliphatic heterocycles. The number of carboxylic acids is 1. The first-order valence-electron chi connectivity index (χ1n) is 5.50. The summed E-state index contributed by atoms with van der Waals surface area (Å²) in [6.07, 6.45) is 1.65. The smallest absolute Gasteiger partial charge is 0.356 e. The third-order valence-electron chi connectivity index (χ3n) is 2.71. The van der Waals surface area contributed by atoms with Gasteiger partial charge in [-0.3, -0.25) is 9.38 Å². The van der Waals surface area contributed by atoms with Gasteiger partial charge >= 0.3 is 5.97 Å². The molecule has 0 fully saturated rings. The molecule has 0 aliphatic carbocycles. The lowest BCUT2D eigenvalue weighted by Crippen LogP contribution is -1.97. The summed E-state index contributed by atoms with van der Waals surface area (Å²) in [5.74, 6) is -0.557. The second-order valence-electron chi connectivity index (χ2n) is 3.87. The minimum absolute atomic E-state index is 0.0157. The van der Waals surface area contributed by atoms with Gasteiger partial charge in [0.2, 0.25) is 0 Å². The number of rotatable bonds is 2. The average Bonchev–Trinajstić information content (AvgIpc) is 2.81. The molecule has 3 heterocycles. The number of imidazole rings is 1. The van der Waals surface area contributed by atoms with Crippen molar-refractivity contribution < 1.29 is 9.90 Å². The molecule has 0 unspecified atom stereocenters. The normalized spacial score (nSPS) is 10.8. The number of pyridine rings is 2. The van der Waals surface area contributed by atoms with E-state index in [1.807, 2.05) is 12.1 Å². The van der Waals surface area contributed by atoms with E-state index in [2.05, 4.69) is 25.9 Å². The Kier molecular flexibility index (Phi) is 2.79. The highest BCUT2D eigenvalue weighted by atomic mass is 79.9. The number of aromatic nitrogens is 3. The van der Waals surface area contributed by atoms with E-state index in [1.165, 1.54) is 0 Å². The van der Waals surface area contributed by atoms with Crippen molar-refractivity contribution in [2.45, 2.75) is 0 Å². The molecule has 0 atom stereocenters. The molecular weight excluding hydrogens is 310 g/mol. The van der Waals surface area contributed by atoms with Crippen molar-refractivity contribution in [1.29, 1.82) is 0 Å². The number of halogens is 1. The lowest BCUT2D eigenvalue weighted by Gasteiger charge is -2.02.